The van der Waals surface area contributed by atoms with E-state index in [0.29, 0.717) is 24.6 Å². The largest absolute Gasteiger partial charge is 0.339 e. The summed E-state index contributed by atoms with van der Waals surface area (Å²) >= 11 is 0. The zero-order valence-corrected chi connectivity index (χ0v) is 12.8. The average Bonchev–Trinajstić information content (AvgIpc) is 2.41. The molecular formula is C15H22ClFN2O. The molecule has 2 rings (SSSR count). The third kappa shape index (κ3) is 3.49. The standard InChI is InChI=1S/C15H21FN2O.ClH/c1-10-4-3-5-13(14(10)16)15(19)18-8-6-12(7-9-18)11(2)17;/h3-5,11-12H,6-9,17H2,1-2H3;1H. The molecule has 1 aliphatic rings. The molecule has 2 N–H and O–H groups in total. The van der Waals surface area contributed by atoms with Gasteiger partial charge in [-0.05, 0) is 44.2 Å². The first kappa shape index (κ1) is 16.9. The van der Waals surface area contributed by atoms with Crippen molar-refractivity contribution in [2.75, 3.05) is 13.1 Å². The lowest BCUT2D eigenvalue weighted by Gasteiger charge is -2.33. The molecule has 1 saturated heterocycles. The Morgan fingerprint density at radius 3 is 2.55 bits per heavy atom. The van der Waals surface area contributed by atoms with Gasteiger partial charge in [-0.2, -0.15) is 0 Å². The first-order valence-corrected chi connectivity index (χ1v) is 6.80. The Balaban J connectivity index is 0.00000200. The molecule has 1 amide bonds. The monoisotopic (exact) mass is 300 g/mol. The normalized spacial score (nSPS) is 17.5. The second-order valence-electron chi connectivity index (χ2n) is 5.43. The second kappa shape index (κ2) is 7.04. The van der Waals surface area contributed by atoms with E-state index in [0.717, 1.165) is 12.8 Å². The highest BCUT2D eigenvalue weighted by molar-refractivity contribution is 5.94. The predicted octanol–water partition coefficient (Wildman–Crippen LogP) is 2.76. The molecule has 3 nitrogen and oxygen atoms in total. The van der Waals surface area contributed by atoms with Crippen LogP contribution in [0.15, 0.2) is 18.2 Å². The minimum absolute atomic E-state index is 0. The molecule has 0 saturated carbocycles. The molecule has 1 unspecified atom stereocenters. The van der Waals surface area contributed by atoms with Crippen LogP contribution in [0.1, 0.15) is 35.7 Å². The maximum Gasteiger partial charge on any atom is 0.256 e. The fourth-order valence-electron chi connectivity index (χ4n) is 2.61. The molecule has 1 aliphatic heterocycles. The van der Waals surface area contributed by atoms with Crippen LogP contribution in [-0.2, 0) is 0 Å². The number of amides is 1. The molecule has 0 radical (unpaired) electrons. The zero-order chi connectivity index (χ0) is 14.0. The Morgan fingerprint density at radius 2 is 2.00 bits per heavy atom. The van der Waals surface area contributed by atoms with Crippen LogP contribution in [0.5, 0.6) is 0 Å². The number of halogens is 2. The molecule has 0 aliphatic carbocycles. The number of hydrogen-bond acceptors (Lipinski definition) is 2. The number of rotatable bonds is 2. The summed E-state index contributed by atoms with van der Waals surface area (Å²) in [7, 11) is 0. The van der Waals surface area contributed by atoms with Crippen molar-refractivity contribution < 1.29 is 9.18 Å². The Kier molecular flexibility index (Phi) is 5.96. The molecule has 1 aromatic carbocycles. The second-order valence-corrected chi connectivity index (χ2v) is 5.43. The van der Waals surface area contributed by atoms with Crippen LogP contribution >= 0.6 is 12.4 Å². The highest BCUT2D eigenvalue weighted by atomic mass is 35.5. The maximum absolute atomic E-state index is 13.9. The molecule has 112 valence electrons. The lowest BCUT2D eigenvalue weighted by Crippen LogP contribution is -2.42. The van der Waals surface area contributed by atoms with Crippen LogP contribution in [0.3, 0.4) is 0 Å². The van der Waals surface area contributed by atoms with E-state index < -0.39 is 5.82 Å². The first-order chi connectivity index (χ1) is 9.00. The molecule has 1 heterocycles. The number of benzene rings is 1. The molecule has 1 aromatic rings. The molecule has 1 atom stereocenters. The summed E-state index contributed by atoms with van der Waals surface area (Å²) in [4.78, 5) is 14.0. The summed E-state index contributed by atoms with van der Waals surface area (Å²) in [6, 6.07) is 5.12. The van der Waals surface area contributed by atoms with Gasteiger partial charge in [-0.1, -0.05) is 12.1 Å². The van der Waals surface area contributed by atoms with Crippen molar-refractivity contribution in [3.05, 3.63) is 35.1 Å². The van der Waals surface area contributed by atoms with Crippen LogP contribution in [0, 0.1) is 18.7 Å². The number of carbonyl (C=O) groups is 1. The van der Waals surface area contributed by atoms with Gasteiger partial charge in [-0.15, -0.1) is 12.4 Å². The van der Waals surface area contributed by atoms with Gasteiger partial charge in [0.15, 0.2) is 0 Å². The fourth-order valence-corrected chi connectivity index (χ4v) is 2.61. The smallest absolute Gasteiger partial charge is 0.256 e. The maximum atomic E-state index is 13.9. The van der Waals surface area contributed by atoms with Gasteiger partial charge in [0.1, 0.15) is 5.82 Å². The highest BCUT2D eigenvalue weighted by Crippen LogP contribution is 2.22. The van der Waals surface area contributed by atoms with E-state index in [1.165, 1.54) is 0 Å². The topological polar surface area (TPSA) is 46.3 Å². The fraction of sp³-hybridized carbons (Fsp3) is 0.533. The third-order valence-corrected chi connectivity index (χ3v) is 3.99. The quantitative estimate of drug-likeness (QED) is 0.913. The Morgan fingerprint density at radius 1 is 1.40 bits per heavy atom. The summed E-state index contributed by atoms with van der Waals surface area (Å²) < 4.78 is 13.9. The Bertz CT molecular complexity index is 471. The Hall–Kier alpha value is -1.13. The number of likely N-dealkylation sites (tertiary alicyclic amines) is 1. The van der Waals surface area contributed by atoms with Crippen molar-refractivity contribution in [3.63, 3.8) is 0 Å². The SMILES string of the molecule is Cc1cccc(C(=O)N2CCC(C(C)N)CC2)c1F.Cl. The summed E-state index contributed by atoms with van der Waals surface area (Å²) in [6.45, 7) is 5.01. The molecule has 0 bridgehead atoms. The van der Waals surface area contributed by atoms with Gasteiger partial charge >= 0.3 is 0 Å². The average molecular weight is 301 g/mol. The van der Waals surface area contributed by atoms with Gasteiger partial charge in [0, 0.05) is 19.1 Å². The van der Waals surface area contributed by atoms with Crippen LogP contribution in [-0.4, -0.2) is 29.9 Å². The lowest BCUT2D eigenvalue weighted by molar-refractivity contribution is 0.0676. The minimum atomic E-state index is -0.401. The number of hydrogen-bond donors (Lipinski definition) is 1. The van der Waals surface area contributed by atoms with Crippen molar-refractivity contribution in [2.45, 2.75) is 32.7 Å². The number of aryl methyl sites for hydroxylation is 1. The minimum Gasteiger partial charge on any atom is -0.339 e. The van der Waals surface area contributed by atoms with Gasteiger partial charge in [-0.3, -0.25) is 4.79 Å². The summed E-state index contributed by atoms with van der Waals surface area (Å²) in [5.74, 6) is -0.141. The summed E-state index contributed by atoms with van der Waals surface area (Å²) in [5.41, 5.74) is 6.57. The van der Waals surface area contributed by atoms with E-state index in [1.54, 1.807) is 30.0 Å². The van der Waals surface area contributed by atoms with Crippen LogP contribution in [0.25, 0.3) is 0 Å². The lowest BCUT2D eigenvalue weighted by atomic mass is 9.90. The van der Waals surface area contributed by atoms with Crippen molar-refractivity contribution in [1.29, 1.82) is 0 Å². The molecule has 1 fully saturated rings. The van der Waals surface area contributed by atoms with E-state index in [1.807, 2.05) is 6.92 Å². The van der Waals surface area contributed by atoms with Crippen molar-refractivity contribution in [2.24, 2.45) is 11.7 Å². The zero-order valence-electron chi connectivity index (χ0n) is 11.9. The molecular weight excluding hydrogens is 279 g/mol. The number of nitrogens with two attached hydrogens (primary N) is 1. The number of piperidine rings is 1. The summed E-state index contributed by atoms with van der Waals surface area (Å²) in [5, 5.41) is 0. The molecule has 5 heteroatoms. The molecule has 0 spiro atoms. The van der Waals surface area contributed by atoms with Crippen LogP contribution in [0.2, 0.25) is 0 Å². The van der Waals surface area contributed by atoms with Crippen LogP contribution in [0.4, 0.5) is 4.39 Å². The van der Waals surface area contributed by atoms with Gasteiger partial charge in [0.25, 0.3) is 5.91 Å². The van der Waals surface area contributed by atoms with E-state index in [9.17, 15) is 9.18 Å². The molecule has 20 heavy (non-hydrogen) atoms. The first-order valence-electron chi connectivity index (χ1n) is 6.80. The number of carbonyl (C=O) groups excluding carboxylic acids is 1. The van der Waals surface area contributed by atoms with Crippen molar-refractivity contribution in [1.82, 2.24) is 4.90 Å². The molecule has 0 aromatic heterocycles. The van der Waals surface area contributed by atoms with E-state index in [4.69, 9.17) is 5.73 Å². The van der Waals surface area contributed by atoms with Gasteiger partial charge in [-0.25, -0.2) is 4.39 Å². The van der Waals surface area contributed by atoms with Crippen LogP contribution < -0.4 is 5.73 Å². The van der Waals surface area contributed by atoms with Gasteiger partial charge in [0.2, 0.25) is 0 Å². The van der Waals surface area contributed by atoms with E-state index in [2.05, 4.69) is 0 Å². The van der Waals surface area contributed by atoms with Crippen molar-refractivity contribution in [3.8, 4) is 0 Å². The van der Waals surface area contributed by atoms with Crippen molar-refractivity contribution >= 4 is 18.3 Å². The predicted molar refractivity (Wildman–Crippen MR) is 80.7 cm³/mol. The van der Waals surface area contributed by atoms with Gasteiger partial charge in [0.05, 0.1) is 5.56 Å². The Labute approximate surface area is 125 Å². The third-order valence-electron chi connectivity index (χ3n) is 3.99. The summed E-state index contributed by atoms with van der Waals surface area (Å²) in [6.07, 6.45) is 1.80. The van der Waals surface area contributed by atoms with E-state index in [-0.39, 0.29) is 29.9 Å². The highest BCUT2D eigenvalue weighted by Gasteiger charge is 2.26. The van der Waals surface area contributed by atoms with E-state index >= 15 is 0 Å². The number of nitrogens with zero attached hydrogens (tertiary/aromatic N) is 1. The van der Waals surface area contributed by atoms with Gasteiger partial charge < -0.3 is 10.6 Å².